The first-order chi connectivity index (χ1) is 11.5. The van der Waals surface area contributed by atoms with Crippen molar-refractivity contribution in [1.82, 2.24) is 10.0 Å². The molecule has 1 aliphatic rings. The molecule has 1 aliphatic heterocycles. The summed E-state index contributed by atoms with van der Waals surface area (Å²) in [4.78, 5) is 12.3. The highest BCUT2D eigenvalue weighted by atomic mass is 32.2. The molecule has 1 saturated heterocycles. The van der Waals surface area contributed by atoms with Crippen LogP contribution in [0, 0.1) is 0 Å². The molecular formula is C17H26N2O4S. The second kappa shape index (κ2) is 9.15. The molecule has 1 aromatic carbocycles. The van der Waals surface area contributed by atoms with Crippen molar-refractivity contribution in [1.29, 1.82) is 0 Å². The predicted octanol–water partition coefficient (Wildman–Crippen LogP) is 2.06. The van der Waals surface area contributed by atoms with Crippen molar-refractivity contribution in [3.8, 4) is 0 Å². The zero-order valence-corrected chi connectivity index (χ0v) is 14.9. The van der Waals surface area contributed by atoms with E-state index < -0.39 is 10.0 Å². The minimum Gasteiger partial charge on any atom is -0.376 e. The van der Waals surface area contributed by atoms with Crippen LogP contribution in [0.5, 0.6) is 0 Å². The van der Waals surface area contributed by atoms with Gasteiger partial charge in [-0.1, -0.05) is 19.8 Å². The molecule has 1 atom stereocenters. The van der Waals surface area contributed by atoms with Crippen LogP contribution in [0.2, 0.25) is 0 Å². The lowest BCUT2D eigenvalue weighted by molar-refractivity contribution is 0.0857. The van der Waals surface area contributed by atoms with E-state index in [0.29, 0.717) is 18.7 Å². The molecule has 1 amide bonds. The molecule has 2 N–H and O–H groups in total. The van der Waals surface area contributed by atoms with Gasteiger partial charge in [-0.2, -0.15) is 0 Å². The van der Waals surface area contributed by atoms with Gasteiger partial charge in [0.05, 0.1) is 11.0 Å². The lowest BCUT2D eigenvalue weighted by Crippen LogP contribution is -2.31. The fourth-order valence-corrected chi connectivity index (χ4v) is 3.64. The average Bonchev–Trinajstić information content (AvgIpc) is 3.10. The summed E-state index contributed by atoms with van der Waals surface area (Å²) in [6.07, 6.45) is 4.92. The van der Waals surface area contributed by atoms with E-state index in [9.17, 15) is 13.2 Å². The van der Waals surface area contributed by atoms with Crippen LogP contribution in [0.4, 0.5) is 0 Å². The molecule has 1 fully saturated rings. The van der Waals surface area contributed by atoms with E-state index in [1.165, 1.54) is 24.3 Å². The van der Waals surface area contributed by atoms with E-state index in [2.05, 4.69) is 17.0 Å². The van der Waals surface area contributed by atoms with E-state index in [1.807, 2.05) is 0 Å². The third-order valence-corrected chi connectivity index (χ3v) is 5.49. The van der Waals surface area contributed by atoms with Gasteiger partial charge in [0.25, 0.3) is 5.91 Å². The molecule has 134 valence electrons. The fourth-order valence-electron chi connectivity index (χ4n) is 2.56. The summed E-state index contributed by atoms with van der Waals surface area (Å²) in [6, 6.07) is 5.99. The van der Waals surface area contributed by atoms with Crippen molar-refractivity contribution in [3.05, 3.63) is 29.8 Å². The van der Waals surface area contributed by atoms with Crippen molar-refractivity contribution in [2.24, 2.45) is 0 Å². The fraction of sp³-hybridized carbons (Fsp3) is 0.588. The second-order valence-electron chi connectivity index (χ2n) is 5.97. The maximum atomic E-state index is 12.1. The van der Waals surface area contributed by atoms with Crippen molar-refractivity contribution in [3.63, 3.8) is 0 Å². The van der Waals surface area contributed by atoms with Gasteiger partial charge in [-0.3, -0.25) is 4.79 Å². The van der Waals surface area contributed by atoms with Gasteiger partial charge in [0.1, 0.15) is 0 Å². The predicted molar refractivity (Wildman–Crippen MR) is 92.5 cm³/mol. The number of carbonyl (C=O) groups excluding carboxylic acids is 1. The molecule has 0 radical (unpaired) electrons. The smallest absolute Gasteiger partial charge is 0.251 e. The Morgan fingerprint density at radius 1 is 1.25 bits per heavy atom. The Hall–Kier alpha value is -1.44. The largest absolute Gasteiger partial charge is 0.376 e. The first kappa shape index (κ1) is 18.9. The number of hydrogen-bond acceptors (Lipinski definition) is 4. The van der Waals surface area contributed by atoms with Gasteiger partial charge in [-0.05, 0) is 43.5 Å². The number of amides is 1. The van der Waals surface area contributed by atoms with E-state index in [1.54, 1.807) is 0 Å². The van der Waals surface area contributed by atoms with Gasteiger partial charge >= 0.3 is 0 Å². The van der Waals surface area contributed by atoms with E-state index >= 15 is 0 Å². The summed E-state index contributed by atoms with van der Waals surface area (Å²) in [5.41, 5.74) is 0.443. The van der Waals surface area contributed by atoms with Gasteiger partial charge in [0.15, 0.2) is 0 Å². The summed E-state index contributed by atoms with van der Waals surface area (Å²) in [7, 11) is -3.51. The quantitative estimate of drug-likeness (QED) is 0.665. The third kappa shape index (κ3) is 5.58. The van der Waals surface area contributed by atoms with Crippen LogP contribution in [-0.2, 0) is 14.8 Å². The number of sulfonamides is 1. The highest BCUT2D eigenvalue weighted by Gasteiger charge is 2.17. The summed E-state index contributed by atoms with van der Waals surface area (Å²) in [6.45, 7) is 3.73. The summed E-state index contributed by atoms with van der Waals surface area (Å²) < 4.78 is 32.3. The molecular weight excluding hydrogens is 328 g/mol. The minimum atomic E-state index is -3.51. The van der Waals surface area contributed by atoms with Crippen LogP contribution < -0.4 is 10.0 Å². The van der Waals surface area contributed by atoms with E-state index in [-0.39, 0.29) is 16.9 Å². The highest BCUT2D eigenvalue weighted by Crippen LogP contribution is 2.13. The number of rotatable bonds is 9. The number of benzene rings is 1. The summed E-state index contributed by atoms with van der Waals surface area (Å²) in [5, 5.41) is 2.82. The molecule has 2 rings (SSSR count). The molecule has 0 aromatic heterocycles. The zero-order valence-electron chi connectivity index (χ0n) is 14.1. The number of hydrogen-bond donors (Lipinski definition) is 2. The molecule has 24 heavy (non-hydrogen) atoms. The Morgan fingerprint density at radius 2 is 2.00 bits per heavy atom. The number of carbonyl (C=O) groups is 1. The Morgan fingerprint density at radius 3 is 2.62 bits per heavy atom. The van der Waals surface area contributed by atoms with Gasteiger partial charge < -0.3 is 10.1 Å². The Balaban J connectivity index is 1.87. The van der Waals surface area contributed by atoms with Crippen molar-refractivity contribution >= 4 is 15.9 Å². The lowest BCUT2D eigenvalue weighted by atomic mass is 10.2. The lowest BCUT2D eigenvalue weighted by Gasteiger charge is -2.11. The maximum absolute atomic E-state index is 12.1. The SMILES string of the molecule is CCCCCNS(=O)(=O)c1ccc(C(=O)NCC2CCCO2)cc1. The Bertz CT molecular complexity index is 622. The molecule has 0 spiro atoms. The Kier molecular flexibility index (Phi) is 7.20. The second-order valence-corrected chi connectivity index (χ2v) is 7.74. The van der Waals surface area contributed by atoms with Crippen LogP contribution in [0.15, 0.2) is 29.2 Å². The molecule has 0 bridgehead atoms. The zero-order chi connectivity index (χ0) is 17.4. The highest BCUT2D eigenvalue weighted by molar-refractivity contribution is 7.89. The van der Waals surface area contributed by atoms with Crippen LogP contribution in [0.25, 0.3) is 0 Å². The van der Waals surface area contributed by atoms with Crippen molar-refractivity contribution in [2.45, 2.75) is 50.0 Å². The number of ether oxygens (including phenoxy) is 1. The minimum absolute atomic E-state index is 0.0842. The maximum Gasteiger partial charge on any atom is 0.251 e. The van der Waals surface area contributed by atoms with Crippen LogP contribution in [-0.4, -0.2) is 40.1 Å². The van der Waals surface area contributed by atoms with Gasteiger partial charge in [-0.25, -0.2) is 13.1 Å². The van der Waals surface area contributed by atoms with Crippen molar-refractivity contribution in [2.75, 3.05) is 19.7 Å². The van der Waals surface area contributed by atoms with Crippen LogP contribution >= 0.6 is 0 Å². The van der Waals surface area contributed by atoms with E-state index in [4.69, 9.17) is 4.74 Å². The normalized spacial score (nSPS) is 17.8. The third-order valence-electron chi connectivity index (χ3n) is 4.01. The number of unbranched alkanes of at least 4 members (excludes halogenated alkanes) is 2. The average molecular weight is 354 g/mol. The topological polar surface area (TPSA) is 84.5 Å². The van der Waals surface area contributed by atoms with E-state index in [0.717, 1.165) is 38.7 Å². The van der Waals surface area contributed by atoms with Gasteiger partial charge in [0.2, 0.25) is 10.0 Å². The first-order valence-electron chi connectivity index (χ1n) is 8.52. The van der Waals surface area contributed by atoms with Crippen molar-refractivity contribution < 1.29 is 17.9 Å². The molecule has 1 heterocycles. The molecule has 1 unspecified atom stereocenters. The van der Waals surface area contributed by atoms with Crippen LogP contribution in [0.1, 0.15) is 49.4 Å². The molecule has 7 heteroatoms. The molecule has 0 saturated carbocycles. The van der Waals surface area contributed by atoms with Crippen LogP contribution in [0.3, 0.4) is 0 Å². The molecule has 0 aliphatic carbocycles. The molecule has 1 aromatic rings. The first-order valence-corrected chi connectivity index (χ1v) is 10.0. The number of nitrogens with one attached hydrogen (secondary N) is 2. The monoisotopic (exact) mass is 354 g/mol. The summed E-state index contributed by atoms with van der Waals surface area (Å²) >= 11 is 0. The summed E-state index contributed by atoms with van der Waals surface area (Å²) in [5.74, 6) is -0.217. The molecule has 6 nitrogen and oxygen atoms in total. The van der Waals surface area contributed by atoms with Gasteiger partial charge in [0, 0.05) is 25.3 Å². The Labute approximate surface area is 144 Å². The standard InChI is InChI=1S/C17H26N2O4S/c1-2-3-4-11-19-24(21,22)16-9-7-14(8-10-16)17(20)18-13-15-6-5-12-23-15/h7-10,15,19H,2-6,11-13H2,1H3,(H,18,20). The van der Waals surface area contributed by atoms with Gasteiger partial charge in [-0.15, -0.1) is 0 Å².